The highest BCUT2D eigenvalue weighted by Gasteiger charge is 2.18. The first-order valence-electron chi connectivity index (χ1n) is 4.24. The van der Waals surface area contributed by atoms with Crippen molar-refractivity contribution in [2.75, 3.05) is 0 Å². The molecule has 0 amide bonds. The van der Waals surface area contributed by atoms with Crippen molar-refractivity contribution in [1.29, 1.82) is 0 Å². The Morgan fingerprint density at radius 2 is 1.83 bits per heavy atom. The average molecular weight is 166 g/mol. The zero-order valence-electron chi connectivity index (χ0n) is 7.39. The van der Waals surface area contributed by atoms with Crippen LogP contribution in [-0.2, 0) is 4.79 Å². The highest BCUT2D eigenvalue weighted by molar-refractivity contribution is 5.88. The minimum absolute atomic E-state index is 0.578. The van der Waals surface area contributed by atoms with Gasteiger partial charge in [0, 0.05) is 5.57 Å². The Morgan fingerprint density at radius 1 is 1.33 bits per heavy atom. The van der Waals surface area contributed by atoms with Gasteiger partial charge in [-0.3, -0.25) is 0 Å². The Kier molecular flexibility index (Phi) is 2.69. The number of hydrogen-bond donors (Lipinski definition) is 1. The van der Waals surface area contributed by atoms with Crippen LogP contribution in [-0.4, -0.2) is 11.1 Å². The van der Waals surface area contributed by atoms with E-state index in [0.717, 1.165) is 30.4 Å². The van der Waals surface area contributed by atoms with E-state index in [9.17, 15) is 4.79 Å². The van der Waals surface area contributed by atoms with Crippen molar-refractivity contribution >= 4 is 5.97 Å². The fourth-order valence-corrected chi connectivity index (χ4v) is 1.61. The third kappa shape index (κ3) is 1.76. The van der Waals surface area contributed by atoms with Gasteiger partial charge in [0.1, 0.15) is 0 Å². The summed E-state index contributed by atoms with van der Waals surface area (Å²) in [5.41, 5.74) is 2.45. The lowest BCUT2D eigenvalue weighted by molar-refractivity contribution is -0.132. The summed E-state index contributed by atoms with van der Waals surface area (Å²) in [7, 11) is 0. The highest BCUT2D eigenvalue weighted by atomic mass is 16.4. The monoisotopic (exact) mass is 166 g/mol. The van der Waals surface area contributed by atoms with Gasteiger partial charge >= 0.3 is 5.97 Å². The first-order chi connectivity index (χ1) is 5.63. The lowest BCUT2D eigenvalue weighted by atomic mass is 9.88. The second-order valence-electron chi connectivity index (χ2n) is 3.25. The molecule has 0 aromatic carbocycles. The van der Waals surface area contributed by atoms with E-state index in [1.807, 2.05) is 6.92 Å². The summed E-state index contributed by atoms with van der Waals surface area (Å²) in [5, 5.41) is 8.86. The molecule has 0 aromatic heterocycles. The molecular formula is C10H14O2. The number of aliphatic carboxylic acids is 1. The maximum absolute atomic E-state index is 10.8. The van der Waals surface area contributed by atoms with Gasteiger partial charge in [-0.2, -0.15) is 0 Å². The van der Waals surface area contributed by atoms with Crippen molar-refractivity contribution < 1.29 is 9.90 Å². The van der Waals surface area contributed by atoms with Gasteiger partial charge in [-0.25, -0.2) is 4.79 Å². The van der Waals surface area contributed by atoms with Crippen molar-refractivity contribution in [3.05, 3.63) is 23.3 Å². The third-order valence-electron chi connectivity index (χ3n) is 2.24. The lowest BCUT2D eigenvalue weighted by Gasteiger charge is -2.17. The zero-order valence-corrected chi connectivity index (χ0v) is 7.39. The Labute approximate surface area is 72.6 Å². The van der Waals surface area contributed by atoms with Gasteiger partial charge in [0.15, 0.2) is 0 Å². The largest absolute Gasteiger partial charge is 0.478 e. The summed E-state index contributed by atoms with van der Waals surface area (Å²) in [5.74, 6) is -0.771. The van der Waals surface area contributed by atoms with Gasteiger partial charge in [0.25, 0.3) is 0 Å². The molecule has 1 N–H and O–H groups in total. The Balaban J connectivity index is 2.99. The number of allylic oxidation sites excluding steroid dienone is 2. The van der Waals surface area contributed by atoms with Crippen molar-refractivity contribution in [2.24, 2.45) is 0 Å². The zero-order chi connectivity index (χ0) is 9.14. The molecule has 0 atom stereocenters. The van der Waals surface area contributed by atoms with E-state index in [-0.39, 0.29) is 0 Å². The Bertz CT molecular complexity index is 223. The first kappa shape index (κ1) is 9.04. The van der Waals surface area contributed by atoms with Crippen LogP contribution in [0.3, 0.4) is 0 Å². The van der Waals surface area contributed by atoms with E-state index in [1.165, 1.54) is 0 Å². The number of rotatable bonds is 2. The molecule has 0 fully saturated rings. The highest BCUT2D eigenvalue weighted by Crippen LogP contribution is 2.28. The van der Waals surface area contributed by atoms with Crippen LogP contribution in [0.15, 0.2) is 23.3 Å². The van der Waals surface area contributed by atoms with Crippen LogP contribution in [0.5, 0.6) is 0 Å². The lowest BCUT2D eigenvalue weighted by Crippen LogP contribution is -2.09. The SMILES string of the molecule is C=C(C)C1=C(C(=O)O)CCCC1. The van der Waals surface area contributed by atoms with Crippen molar-refractivity contribution in [3.8, 4) is 0 Å². The molecule has 66 valence electrons. The van der Waals surface area contributed by atoms with Crippen LogP contribution >= 0.6 is 0 Å². The molecule has 0 heterocycles. The molecule has 0 radical (unpaired) electrons. The van der Waals surface area contributed by atoms with Gasteiger partial charge in [0.05, 0.1) is 0 Å². The van der Waals surface area contributed by atoms with Gasteiger partial charge in [0.2, 0.25) is 0 Å². The second-order valence-corrected chi connectivity index (χ2v) is 3.25. The topological polar surface area (TPSA) is 37.3 Å². The summed E-state index contributed by atoms with van der Waals surface area (Å²) in [4.78, 5) is 10.8. The van der Waals surface area contributed by atoms with E-state index in [2.05, 4.69) is 6.58 Å². The maximum atomic E-state index is 10.8. The predicted octanol–water partition coefficient (Wildman–Crippen LogP) is 2.52. The summed E-state index contributed by atoms with van der Waals surface area (Å²) in [6.45, 7) is 5.67. The molecule has 1 aliphatic rings. The van der Waals surface area contributed by atoms with Crippen molar-refractivity contribution in [1.82, 2.24) is 0 Å². The molecule has 0 saturated heterocycles. The maximum Gasteiger partial charge on any atom is 0.331 e. The van der Waals surface area contributed by atoms with E-state index >= 15 is 0 Å². The van der Waals surface area contributed by atoms with Gasteiger partial charge in [-0.1, -0.05) is 12.2 Å². The van der Waals surface area contributed by atoms with E-state index in [1.54, 1.807) is 0 Å². The van der Waals surface area contributed by atoms with Gasteiger partial charge < -0.3 is 5.11 Å². The van der Waals surface area contributed by atoms with Crippen molar-refractivity contribution in [3.63, 3.8) is 0 Å². The number of carboxylic acids is 1. The molecule has 0 saturated carbocycles. The van der Waals surface area contributed by atoms with Crippen LogP contribution in [0.4, 0.5) is 0 Å². The molecule has 2 heteroatoms. The normalized spacial score (nSPS) is 17.8. The molecule has 0 unspecified atom stereocenters. The molecule has 0 aliphatic heterocycles. The molecule has 1 aliphatic carbocycles. The smallest absolute Gasteiger partial charge is 0.331 e. The second kappa shape index (κ2) is 3.57. The Morgan fingerprint density at radius 3 is 2.17 bits per heavy atom. The third-order valence-corrected chi connectivity index (χ3v) is 2.24. The molecule has 1 rings (SSSR count). The van der Waals surface area contributed by atoms with Crippen LogP contribution in [0.1, 0.15) is 32.6 Å². The van der Waals surface area contributed by atoms with E-state index in [0.29, 0.717) is 12.0 Å². The van der Waals surface area contributed by atoms with Crippen LogP contribution < -0.4 is 0 Å². The average Bonchev–Trinajstić information content (AvgIpc) is 2.04. The molecule has 12 heavy (non-hydrogen) atoms. The quantitative estimate of drug-likeness (QED) is 0.684. The van der Waals surface area contributed by atoms with Gasteiger partial charge in [-0.15, -0.1) is 0 Å². The fourth-order valence-electron chi connectivity index (χ4n) is 1.61. The van der Waals surface area contributed by atoms with Crippen molar-refractivity contribution in [2.45, 2.75) is 32.6 Å². The number of carboxylic acid groups (broad SMARTS) is 1. The summed E-state index contributed by atoms with van der Waals surface area (Å²) >= 11 is 0. The van der Waals surface area contributed by atoms with E-state index in [4.69, 9.17) is 5.11 Å². The first-order valence-corrected chi connectivity index (χ1v) is 4.24. The minimum atomic E-state index is -0.771. The summed E-state index contributed by atoms with van der Waals surface area (Å²) < 4.78 is 0. The predicted molar refractivity (Wildman–Crippen MR) is 47.9 cm³/mol. The number of hydrogen-bond acceptors (Lipinski definition) is 1. The Hall–Kier alpha value is -1.05. The molecule has 0 aromatic rings. The van der Waals surface area contributed by atoms with E-state index < -0.39 is 5.97 Å². The molecular weight excluding hydrogens is 152 g/mol. The molecule has 2 nitrogen and oxygen atoms in total. The standard InChI is InChI=1S/C10H14O2/c1-7(2)8-5-3-4-6-9(8)10(11)12/h1,3-6H2,2H3,(H,11,12). The van der Waals surface area contributed by atoms with Crippen LogP contribution in [0.2, 0.25) is 0 Å². The van der Waals surface area contributed by atoms with Crippen LogP contribution in [0, 0.1) is 0 Å². The molecule has 0 bridgehead atoms. The van der Waals surface area contributed by atoms with Gasteiger partial charge in [-0.05, 0) is 38.2 Å². The summed E-state index contributed by atoms with van der Waals surface area (Å²) in [6.07, 6.45) is 3.69. The number of carbonyl (C=O) groups is 1. The minimum Gasteiger partial charge on any atom is -0.478 e. The fraction of sp³-hybridized carbons (Fsp3) is 0.500. The summed E-state index contributed by atoms with van der Waals surface area (Å²) in [6, 6.07) is 0. The molecule has 0 spiro atoms. The van der Waals surface area contributed by atoms with Crippen LogP contribution in [0.25, 0.3) is 0 Å².